The van der Waals surface area contributed by atoms with Gasteiger partial charge in [0.05, 0.1) is 18.0 Å². The molecule has 0 aromatic heterocycles. The van der Waals surface area contributed by atoms with Crippen molar-refractivity contribution in [3.8, 4) is 0 Å². The fourth-order valence-corrected chi connectivity index (χ4v) is 3.59. The van der Waals surface area contributed by atoms with Crippen molar-refractivity contribution in [2.45, 2.75) is 42.9 Å². The van der Waals surface area contributed by atoms with Crippen LogP contribution in [0.2, 0.25) is 0 Å². The fourth-order valence-electron chi connectivity index (χ4n) is 2.48. The molecule has 24 heavy (non-hydrogen) atoms. The van der Waals surface area contributed by atoms with Crippen molar-refractivity contribution in [2.75, 3.05) is 12.4 Å². The molecule has 1 aromatic rings. The number of benzene rings is 1. The number of esters is 1. The number of ether oxygens (including phenoxy) is 1. The van der Waals surface area contributed by atoms with Crippen molar-refractivity contribution in [3.05, 3.63) is 24.3 Å². The van der Waals surface area contributed by atoms with Crippen molar-refractivity contribution in [1.29, 1.82) is 0 Å². The van der Waals surface area contributed by atoms with E-state index >= 15 is 0 Å². The van der Waals surface area contributed by atoms with Crippen molar-refractivity contribution in [3.63, 3.8) is 0 Å². The number of methoxy groups -OCH3 is 1. The van der Waals surface area contributed by atoms with Crippen molar-refractivity contribution in [2.24, 2.45) is 5.92 Å². The number of carbonyl (C=O) groups is 3. The Morgan fingerprint density at radius 3 is 2.71 bits per heavy atom. The first-order valence-electron chi connectivity index (χ1n) is 7.84. The van der Waals surface area contributed by atoms with Crippen LogP contribution in [0, 0.1) is 5.92 Å². The third-order valence-corrected chi connectivity index (χ3v) is 4.88. The SMILES string of the molecule is COC(=O)C(CC(C)C)NC(=O)CC1Sc2ccccc2NC1=O. The van der Waals surface area contributed by atoms with Crippen LogP contribution in [0.5, 0.6) is 0 Å². The van der Waals surface area contributed by atoms with Gasteiger partial charge in [-0.1, -0.05) is 26.0 Å². The van der Waals surface area contributed by atoms with E-state index in [2.05, 4.69) is 10.6 Å². The highest BCUT2D eigenvalue weighted by Gasteiger charge is 2.30. The molecule has 2 atom stereocenters. The van der Waals surface area contributed by atoms with Crippen LogP contribution in [0.1, 0.15) is 26.7 Å². The number of rotatable bonds is 6. The van der Waals surface area contributed by atoms with Gasteiger partial charge >= 0.3 is 5.97 Å². The predicted octanol–water partition coefficient (Wildman–Crippen LogP) is 2.19. The molecule has 0 spiro atoms. The Morgan fingerprint density at radius 2 is 2.04 bits per heavy atom. The van der Waals surface area contributed by atoms with Gasteiger partial charge in [-0.2, -0.15) is 0 Å². The average Bonchev–Trinajstić information content (AvgIpc) is 2.53. The molecule has 2 amide bonds. The van der Waals surface area contributed by atoms with Gasteiger partial charge in [-0.25, -0.2) is 4.79 Å². The lowest BCUT2D eigenvalue weighted by atomic mass is 10.0. The Hall–Kier alpha value is -2.02. The van der Waals surface area contributed by atoms with E-state index in [1.54, 1.807) is 0 Å². The van der Waals surface area contributed by atoms with Crippen molar-refractivity contribution < 1.29 is 19.1 Å². The summed E-state index contributed by atoms with van der Waals surface area (Å²) in [6, 6.07) is 6.77. The lowest BCUT2D eigenvalue weighted by Gasteiger charge is -2.24. The number of hydrogen-bond donors (Lipinski definition) is 2. The topological polar surface area (TPSA) is 84.5 Å². The van der Waals surface area contributed by atoms with E-state index in [1.165, 1.54) is 18.9 Å². The molecule has 1 aliphatic rings. The minimum atomic E-state index is -0.688. The molecule has 0 fully saturated rings. The molecular weight excluding hydrogens is 328 g/mol. The third kappa shape index (κ3) is 4.74. The van der Waals surface area contributed by atoms with Gasteiger partial charge in [-0.15, -0.1) is 11.8 Å². The van der Waals surface area contributed by atoms with Gasteiger partial charge in [-0.3, -0.25) is 9.59 Å². The summed E-state index contributed by atoms with van der Waals surface area (Å²) in [5, 5.41) is 4.97. The number of fused-ring (bicyclic) bond motifs is 1. The number of nitrogens with one attached hydrogen (secondary N) is 2. The smallest absolute Gasteiger partial charge is 0.328 e. The van der Waals surface area contributed by atoms with Crippen LogP contribution in [-0.4, -0.2) is 36.2 Å². The summed E-state index contributed by atoms with van der Waals surface area (Å²) in [5.41, 5.74) is 0.761. The molecule has 2 rings (SSSR count). The van der Waals surface area contributed by atoms with Crippen molar-refractivity contribution >= 4 is 35.2 Å². The molecule has 7 heteroatoms. The third-order valence-electron chi connectivity index (χ3n) is 3.61. The van der Waals surface area contributed by atoms with Crippen LogP contribution < -0.4 is 10.6 Å². The van der Waals surface area contributed by atoms with Crippen LogP contribution in [0.4, 0.5) is 5.69 Å². The fraction of sp³-hybridized carbons (Fsp3) is 0.471. The maximum Gasteiger partial charge on any atom is 0.328 e. The molecular formula is C17H22N2O4S. The van der Waals surface area contributed by atoms with Gasteiger partial charge in [-0.05, 0) is 24.5 Å². The van der Waals surface area contributed by atoms with E-state index in [0.29, 0.717) is 6.42 Å². The Kier molecular flexibility index (Phi) is 6.25. The molecule has 0 aliphatic carbocycles. The van der Waals surface area contributed by atoms with E-state index in [0.717, 1.165) is 10.6 Å². The first-order chi connectivity index (χ1) is 11.4. The minimum absolute atomic E-state index is 0.0103. The zero-order valence-corrected chi connectivity index (χ0v) is 14.8. The zero-order valence-electron chi connectivity index (χ0n) is 14.0. The standard InChI is InChI=1S/C17H22N2O4S/c1-10(2)8-12(17(22)23-3)18-15(20)9-14-16(21)19-11-6-4-5-7-13(11)24-14/h4-7,10,12,14H,8-9H2,1-3H3,(H,18,20)(H,19,21). The molecule has 130 valence electrons. The van der Waals surface area contributed by atoms with Gasteiger partial charge in [0.2, 0.25) is 11.8 Å². The van der Waals surface area contributed by atoms with E-state index in [-0.39, 0.29) is 24.2 Å². The normalized spacial score (nSPS) is 17.7. The first-order valence-corrected chi connectivity index (χ1v) is 8.72. The quantitative estimate of drug-likeness (QED) is 0.768. The van der Waals surface area contributed by atoms with E-state index in [1.807, 2.05) is 38.1 Å². The lowest BCUT2D eigenvalue weighted by Crippen LogP contribution is -2.44. The first kappa shape index (κ1) is 18.3. The van der Waals surface area contributed by atoms with E-state index < -0.39 is 17.3 Å². The molecule has 0 radical (unpaired) electrons. The van der Waals surface area contributed by atoms with Gasteiger partial charge < -0.3 is 15.4 Å². The summed E-state index contributed by atoms with van der Waals surface area (Å²) < 4.78 is 4.73. The number of para-hydroxylation sites is 1. The highest BCUT2D eigenvalue weighted by molar-refractivity contribution is 8.01. The van der Waals surface area contributed by atoms with Crippen LogP contribution in [0.3, 0.4) is 0 Å². The summed E-state index contributed by atoms with van der Waals surface area (Å²) in [6.07, 6.45) is 0.502. The monoisotopic (exact) mass is 350 g/mol. The average molecular weight is 350 g/mol. The molecule has 0 saturated heterocycles. The lowest BCUT2D eigenvalue weighted by molar-refractivity contribution is -0.145. The van der Waals surface area contributed by atoms with Crippen molar-refractivity contribution in [1.82, 2.24) is 5.32 Å². The molecule has 1 heterocycles. The Bertz CT molecular complexity index is 633. The highest BCUT2D eigenvalue weighted by Crippen LogP contribution is 2.36. The molecule has 1 aliphatic heterocycles. The predicted molar refractivity (Wildman–Crippen MR) is 92.7 cm³/mol. The molecule has 0 bridgehead atoms. The number of amides is 2. The molecule has 1 aromatic carbocycles. The molecule has 6 nitrogen and oxygen atoms in total. The Labute approximate surface area is 145 Å². The minimum Gasteiger partial charge on any atom is -0.467 e. The summed E-state index contributed by atoms with van der Waals surface area (Å²) in [6.45, 7) is 3.92. The van der Waals surface area contributed by atoms with Crippen LogP contribution >= 0.6 is 11.8 Å². The van der Waals surface area contributed by atoms with Crippen LogP contribution in [0.15, 0.2) is 29.2 Å². The molecule has 2 N–H and O–H groups in total. The second kappa shape index (κ2) is 8.19. The number of anilines is 1. The largest absolute Gasteiger partial charge is 0.467 e. The maximum atomic E-state index is 12.3. The molecule has 0 saturated carbocycles. The van der Waals surface area contributed by atoms with E-state index in [4.69, 9.17) is 4.74 Å². The van der Waals surface area contributed by atoms with Crippen LogP contribution in [-0.2, 0) is 19.1 Å². The van der Waals surface area contributed by atoms with Gasteiger partial charge in [0.1, 0.15) is 6.04 Å². The number of thioether (sulfide) groups is 1. The Balaban J connectivity index is 1.98. The summed E-state index contributed by atoms with van der Waals surface area (Å²) >= 11 is 1.36. The summed E-state index contributed by atoms with van der Waals surface area (Å²) in [4.78, 5) is 37.1. The van der Waals surface area contributed by atoms with Gasteiger partial charge in [0.15, 0.2) is 0 Å². The summed E-state index contributed by atoms with van der Waals surface area (Å²) in [7, 11) is 1.29. The highest BCUT2D eigenvalue weighted by atomic mass is 32.2. The molecule has 2 unspecified atom stereocenters. The van der Waals surface area contributed by atoms with Crippen LogP contribution in [0.25, 0.3) is 0 Å². The summed E-state index contributed by atoms with van der Waals surface area (Å²) in [5.74, 6) is -0.776. The Morgan fingerprint density at radius 1 is 1.33 bits per heavy atom. The second-order valence-corrected chi connectivity index (χ2v) is 7.31. The number of carbonyl (C=O) groups excluding carboxylic acids is 3. The van der Waals surface area contributed by atoms with Gasteiger partial charge in [0, 0.05) is 11.3 Å². The van der Waals surface area contributed by atoms with Gasteiger partial charge in [0.25, 0.3) is 0 Å². The van der Waals surface area contributed by atoms with E-state index in [9.17, 15) is 14.4 Å². The second-order valence-electron chi connectivity index (χ2n) is 6.07. The maximum absolute atomic E-state index is 12.3. The zero-order chi connectivity index (χ0) is 17.7. The number of hydrogen-bond acceptors (Lipinski definition) is 5.